The van der Waals surface area contributed by atoms with Gasteiger partial charge in [0.25, 0.3) is 0 Å². The summed E-state index contributed by atoms with van der Waals surface area (Å²) in [4.78, 5) is 0. The van der Waals surface area contributed by atoms with Crippen LogP contribution in [0.4, 0.5) is 0 Å². The molecular weight excluding hydrogens is 132 g/mol. The lowest BCUT2D eigenvalue weighted by Gasteiger charge is -2.00. The maximum atomic E-state index is 8.88. The Labute approximate surface area is 58.5 Å². The molecule has 0 amide bonds. The van der Waals surface area contributed by atoms with Gasteiger partial charge in [0.15, 0.2) is 6.79 Å². The van der Waals surface area contributed by atoms with Crippen LogP contribution in [0.2, 0.25) is 0 Å². The van der Waals surface area contributed by atoms with Crippen LogP contribution in [-0.4, -0.2) is 17.0 Å². The summed E-state index contributed by atoms with van der Waals surface area (Å²) in [5.41, 5.74) is 0. The minimum absolute atomic E-state index is 0.131. The van der Waals surface area contributed by atoms with Crippen LogP contribution < -0.4 is 4.74 Å². The van der Waals surface area contributed by atoms with Gasteiger partial charge in [-0.3, -0.25) is 0 Å². The monoisotopic (exact) mass is 140 g/mol. The van der Waals surface area contributed by atoms with Gasteiger partial charge in [-0.05, 0) is 12.1 Å². The second kappa shape index (κ2) is 3.08. The van der Waals surface area contributed by atoms with Gasteiger partial charge in [-0.25, -0.2) is 0 Å². The molecule has 0 aliphatic heterocycles. The van der Waals surface area contributed by atoms with Crippen molar-refractivity contribution >= 4 is 0 Å². The van der Waals surface area contributed by atoms with Crippen molar-refractivity contribution in [3.63, 3.8) is 0 Å². The molecule has 1 aromatic rings. The van der Waals surface area contributed by atoms with E-state index in [1.807, 2.05) is 0 Å². The number of phenolic OH excluding ortho intramolecular Hbond substituents is 1. The first kappa shape index (κ1) is 6.89. The van der Waals surface area contributed by atoms with Crippen LogP contribution in [0.1, 0.15) is 0 Å². The number of ether oxygens (including phenoxy) is 1. The predicted molar refractivity (Wildman–Crippen MR) is 35.8 cm³/mol. The highest BCUT2D eigenvalue weighted by Crippen LogP contribution is 2.16. The number of hydrogen-bond acceptors (Lipinski definition) is 3. The standard InChI is InChI=1S/C7H8O3/c8-5-10-7-3-1-2-6(9)4-7/h1-4,8-9H,5H2. The predicted octanol–water partition coefficient (Wildman–Crippen LogP) is 0.721. The van der Waals surface area contributed by atoms with Crippen LogP contribution in [0.15, 0.2) is 24.3 Å². The second-order valence-electron chi connectivity index (χ2n) is 1.77. The molecule has 0 bridgehead atoms. The molecule has 1 aromatic carbocycles. The molecule has 0 spiro atoms. The molecule has 1 rings (SSSR count). The molecule has 0 unspecified atom stereocenters. The van der Waals surface area contributed by atoms with Gasteiger partial charge < -0.3 is 14.9 Å². The van der Waals surface area contributed by atoms with Crippen LogP contribution in [0.5, 0.6) is 11.5 Å². The first-order chi connectivity index (χ1) is 4.83. The molecular formula is C7H8O3. The van der Waals surface area contributed by atoms with E-state index in [-0.39, 0.29) is 12.5 Å². The maximum absolute atomic E-state index is 8.88. The van der Waals surface area contributed by atoms with Crippen molar-refractivity contribution in [2.45, 2.75) is 0 Å². The molecule has 54 valence electrons. The van der Waals surface area contributed by atoms with Crippen molar-refractivity contribution < 1.29 is 14.9 Å². The van der Waals surface area contributed by atoms with E-state index in [2.05, 4.69) is 4.74 Å². The molecule has 0 radical (unpaired) electrons. The summed E-state index contributed by atoms with van der Waals surface area (Å²) >= 11 is 0. The third-order valence-corrected chi connectivity index (χ3v) is 1.05. The highest BCUT2D eigenvalue weighted by molar-refractivity contribution is 5.31. The van der Waals surface area contributed by atoms with Crippen LogP contribution in [-0.2, 0) is 0 Å². The van der Waals surface area contributed by atoms with E-state index in [1.165, 1.54) is 12.1 Å². The zero-order valence-corrected chi connectivity index (χ0v) is 5.32. The Morgan fingerprint density at radius 2 is 2.20 bits per heavy atom. The van der Waals surface area contributed by atoms with E-state index < -0.39 is 0 Å². The van der Waals surface area contributed by atoms with Crippen molar-refractivity contribution in [2.75, 3.05) is 6.79 Å². The van der Waals surface area contributed by atoms with Crippen molar-refractivity contribution in [3.05, 3.63) is 24.3 Å². The number of aromatic hydroxyl groups is 1. The van der Waals surface area contributed by atoms with Crippen LogP contribution in [0.3, 0.4) is 0 Å². The SMILES string of the molecule is OCOc1cccc(O)c1. The summed E-state index contributed by atoms with van der Waals surface area (Å²) in [5, 5.41) is 17.2. The number of phenols is 1. The molecule has 0 aliphatic carbocycles. The Balaban J connectivity index is 2.75. The summed E-state index contributed by atoms with van der Waals surface area (Å²) in [7, 11) is 0. The van der Waals surface area contributed by atoms with Crippen LogP contribution >= 0.6 is 0 Å². The lowest BCUT2D eigenvalue weighted by molar-refractivity contribution is 0.0983. The maximum Gasteiger partial charge on any atom is 0.186 e. The van der Waals surface area contributed by atoms with Gasteiger partial charge in [-0.1, -0.05) is 6.07 Å². The molecule has 3 heteroatoms. The fraction of sp³-hybridized carbons (Fsp3) is 0.143. The Kier molecular flexibility index (Phi) is 2.12. The number of aliphatic hydroxyl groups is 1. The van der Waals surface area contributed by atoms with Crippen molar-refractivity contribution in [2.24, 2.45) is 0 Å². The Morgan fingerprint density at radius 3 is 2.80 bits per heavy atom. The molecule has 0 aliphatic rings. The first-order valence-electron chi connectivity index (χ1n) is 2.85. The van der Waals surface area contributed by atoms with E-state index in [1.54, 1.807) is 12.1 Å². The summed E-state index contributed by atoms with van der Waals surface area (Å²) in [5.74, 6) is 0.591. The second-order valence-corrected chi connectivity index (χ2v) is 1.77. The van der Waals surface area contributed by atoms with Crippen molar-refractivity contribution in [3.8, 4) is 11.5 Å². The summed E-state index contributed by atoms with van der Waals surface area (Å²) < 4.78 is 4.68. The Hall–Kier alpha value is -1.22. The van der Waals surface area contributed by atoms with Gasteiger partial charge in [0.05, 0.1) is 0 Å². The molecule has 0 fully saturated rings. The van der Waals surface area contributed by atoms with E-state index in [4.69, 9.17) is 10.2 Å². The number of hydrogen-bond donors (Lipinski definition) is 2. The van der Waals surface area contributed by atoms with Gasteiger partial charge in [0.2, 0.25) is 0 Å². The largest absolute Gasteiger partial charge is 0.508 e. The summed E-state index contributed by atoms with van der Waals surface area (Å²) in [6.07, 6.45) is 0. The van der Waals surface area contributed by atoms with E-state index in [0.29, 0.717) is 5.75 Å². The van der Waals surface area contributed by atoms with Gasteiger partial charge in [0, 0.05) is 6.07 Å². The topological polar surface area (TPSA) is 49.7 Å². The normalized spacial score (nSPS) is 9.30. The Bertz CT molecular complexity index is 210. The molecule has 10 heavy (non-hydrogen) atoms. The molecule has 0 heterocycles. The molecule has 0 saturated heterocycles. The van der Waals surface area contributed by atoms with Gasteiger partial charge in [-0.2, -0.15) is 0 Å². The zero-order chi connectivity index (χ0) is 7.40. The van der Waals surface area contributed by atoms with Crippen molar-refractivity contribution in [1.29, 1.82) is 0 Å². The molecule has 0 saturated carbocycles. The molecule has 2 N–H and O–H groups in total. The first-order valence-corrected chi connectivity index (χ1v) is 2.85. The number of rotatable bonds is 2. The highest BCUT2D eigenvalue weighted by Gasteiger charge is 1.91. The summed E-state index contributed by atoms with van der Waals surface area (Å²) in [6, 6.07) is 6.25. The summed E-state index contributed by atoms with van der Waals surface area (Å²) in [6.45, 7) is -0.372. The van der Waals surface area contributed by atoms with E-state index >= 15 is 0 Å². The fourth-order valence-corrected chi connectivity index (χ4v) is 0.648. The number of benzene rings is 1. The average molecular weight is 140 g/mol. The van der Waals surface area contributed by atoms with E-state index in [9.17, 15) is 0 Å². The zero-order valence-electron chi connectivity index (χ0n) is 5.32. The quantitative estimate of drug-likeness (QED) is 0.595. The Morgan fingerprint density at radius 1 is 1.40 bits per heavy atom. The van der Waals surface area contributed by atoms with Gasteiger partial charge >= 0.3 is 0 Å². The lowest BCUT2D eigenvalue weighted by Crippen LogP contribution is -1.93. The van der Waals surface area contributed by atoms with Crippen LogP contribution in [0.25, 0.3) is 0 Å². The molecule has 0 atom stereocenters. The minimum Gasteiger partial charge on any atom is -0.508 e. The smallest absolute Gasteiger partial charge is 0.186 e. The lowest BCUT2D eigenvalue weighted by atomic mass is 10.3. The minimum atomic E-state index is -0.372. The molecule has 3 nitrogen and oxygen atoms in total. The molecule has 0 aromatic heterocycles. The fourth-order valence-electron chi connectivity index (χ4n) is 0.648. The van der Waals surface area contributed by atoms with Gasteiger partial charge in [0.1, 0.15) is 11.5 Å². The van der Waals surface area contributed by atoms with Crippen LogP contribution in [0, 0.1) is 0 Å². The highest BCUT2D eigenvalue weighted by atomic mass is 16.6. The average Bonchev–Trinajstić information content (AvgIpc) is 1.88. The third kappa shape index (κ3) is 1.63. The number of aliphatic hydroxyl groups excluding tert-OH is 1. The van der Waals surface area contributed by atoms with Crippen molar-refractivity contribution in [1.82, 2.24) is 0 Å². The van der Waals surface area contributed by atoms with Gasteiger partial charge in [-0.15, -0.1) is 0 Å². The third-order valence-electron chi connectivity index (χ3n) is 1.05. The van der Waals surface area contributed by atoms with E-state index in [0.717, 1.165) is 0 Å².